The summed E-state index contributed by atoms with van der Waals surface area (Å²) in [4.78, 5) is 21.4. The number of nitrogens with zero attached hydrogens (tertiary/aromatic N) is 2. The highest BCUT2D eigenvalue weighted by Crippen LogP contribution is 2.50. The number of amides is 1. The Labute approximate surface area is 208 Å². The summed E-state index contributed by atoms with van der Waals surface area (Å²) in [5, 5.41) is 2.86. The molecule has 4 rings (SSSR count). The van der Waals surface area contributed by atoms with Crippen LogP contribution in [0.1, 0.15) is 56.0 Å². The minimum Gasteiger partial charge on any atom is -0.378 e. The molecule has 1 aromatic carbocycles. The van der Waals surface area contributed by atoms with Crippen LogP contribution < -0.4 is 11.1 Å². The molecule has 1 saturated carbocycles. The van der Waals surface area contributed by atoms with E-state index in [0.29, 0.717) is 11.5 Å². The number of amidine groups is 1. The number of aliphatic imine (C=N–C) groups is 1. The number of carbonyl (C=O) groups excluding carboxylic acids is 1. The van der Waals surface area contributed by atoms with Crippen LogP contribution in [0.15, 0.2) is 41.5 Å². The average Bonchev–Trinajstić information content (AvgIpc) is 3.66. The van der Waals surface area contributed by atoms with Crippen molar-refractivity contribution in [3.8, 4) is 11.8 Å². The monoisotopic (exact) mass is 494 g/mol. The van der Waals surface area contributed by atoms with Crippen molar-refractivity contribution >= 4 is 34.7 Å². The molecule has 3 atom stereocenters. The second-order valence-corrected chi connectivity index (χ2v) is 10.8. The average molecular weight is 495 g/mol. The van der Waals surface area contributed by atoms with E-state index in [4.69, 9.17) is 5.73 Å². The molecule has 0 bridgehead atoms. The van der Waals surface area contributed by atoms with E-state index in [1.807, 2.05) is 6.92 Å². The molecule has 1 fully saturated rings. The lowest BCUT2D eigenvalue weighted by molar-refractivity contribution is -0.124. The zero-order chi connectivity index (χ0) is 25.4. The number of benzene rings is 1. The Hall–Kier alpha value is -3.18. The van der Waals surface area contributed by atoms with E-state index in [1.54, 1.807) is 45.3 Å². The maximum atomic E-state index is 15.1. The first kappa shape index (κ1) is 24.9. The zero-order valence-corrected chi connectivity index (χ0v) is 21.0. The quantitative estimate of drug-likeness (QED) is 0.595. The van der Waals surface area contributed by atoms with Crippen molar-refractivity contribution in [3.63, 3.8) is 0 Å². The van der Waals surface area contributed by atoms with Crippen LogP contribution in [-0.4, -0.2) is 27.9 Å². The fraction of sp³-hybridized carbons (Fsp3) is 0.370. The smallest absolute Gasteiger partial charge is 0.236 e. The van der Waals surface area contributed by atoms with Crippen molar-refractivity contribution in [1.29, 1.82) is 0 Å². The Morgan fingerprint density at radius 2 is 2.03 bits per heavy atom. The van der Waals surface area contributed by atoms with E-state index >= 15 is 8.78 Å². The predicted octanol–water partition coefficient (Wildman–Crippen LogP) is 4.87. The lowest BCUT2D eigenvalue weighted by Gasteiger charge is -2.46. The number of pyridine rings is 1. The van der Waals surface area contributed by atoms with Crippen molar-refractivity contribution < 1.29 is 13.6 Å². The van der Waals surface area contributed by atoms with E-state index in [2.05, 4.69) is 27.1 Å². The van der Waals surface area contributed by atoms with Crippen molar-refractivity contribution in [1.82, 2.24) is 10.3 Å². The molecular weight excluding hydrogens is 466 g/mol. The molecule has 0 radical (unpaired) electrons. The number of hydrogen-bond acceptors (Lipinski definition) is 5. The van der Waals surface area contributed by atoms with Gasteiger partial charge in [0.15, 0.2) is 5.17 Å². The van der Waals surface area contributed by atoms with E-state index in [1.165, 1.54) is 18.2 Å². The van der Waals surface area contributed by atoms with Gasteiger partial charge in [-0.2, -0.15) is 0 Å². The van der Waals surface area contributed by atoms with Gasteiger partial charge in [0, 0.05) is 36.2 Å². The van der Waals surface area contributed by atoms with Gasteiger partial charge in [0.1, 0.15) is 16.4 Å². The lowest BCUT2D eigenvalue weighted by Crippen LogP contribution is -2.55. The Balaban J connectivity index is 1.67. The molecule has 8 heteroatoms. The van der Waals surface area contributed by atoms with Gasteiger partial charge < -0.3 is 11.1 Å². The second-order valence-electron chi connectivity index (χ2n) is 9.31. The first-order valence-electron chi connectivity index (χ1n) is 11.5. The van der Waals surface area contributed by atoms with Crippen LogP contribution in [-0.2, 0) is 10.3 Å². The third kappa shape index (κ3) is 4.96. The summed E-state index contributed by atoms with van der Waals surface area (Å²) in [7, 11) is 1.55. The van der Waals surface area contributed by atoms with Crippen LogP contribution in [0, 0.1) is 29.5 Å². The van der Waals surface area contributed by atoms with Gasteiger partial charge >= 0.3 is 0 Å². The fourth-order valence-electron chi connectivity index (χ4n) is 4.24. The van der Waals surface area contributed by atoms with Gasteiger partial charge in [-0.05, 0) is 62.6 Å². The van der Waals surface area contributed by atoms with Gasteiger partial charge in [-0.15, -0.1) is 0 Å². The maximum Gasteiger partial charge on any atom is 0.236 e. The predicted molar refractivity (Wildman–Crippen MR) is 137 cm³/mol. The van der Waals surface area contributed by atoms with E-state index in [-0.39, 0.29) is 22.3 Å². The molecule has 2 aliphatic rings. The number of nitrogens with one attached hydrogen (secondary N) is 1. The topological polar surface area (TPSA) is 80.4 Å². The molecule has 1 aliphatic carbocycles. The van der Waals surface area contributed by atoms with Gasteiger partial charge in [0.2, 0.25) is 5.91 Å². The first-order valence-corrected chi connectivity index (χ1v) is 12.3. The van der Waals surface area contributed by atoms with Crippen LogP contribution >= 0.6 is 11.8 Å². The minimum absolute atomic E-state index is 0.163. The van der Waals surface area contributed by atoms with Crippen LogP contribution in [0.4, 0.5) is 8.78 Å². The number of thioether (sulfide) groups is 1. The maximum absolute atomic E-state index is 15.1. The number of nitrogens with two attached hydrogens (primary N) is 1. The highest BCUT2D eigenvalue weighted by molar-refractivity contribution is 8.15. The SMILES string of the molecule is CNC(=O)[C@@]1(C)SC(N)=N[C@](C)(c2cc(/C=C(\F)c3ccc(C#CC4CC4)cn3)ccc2F)[C@@H]1C. The first-order chi connectivity index (χ1) is 16.6. The third-order valence-corrected chi connectivity index (χ3v) is 8.11. The summed E-state index contributed by atoms with van der Waals surface area (Å²) in [6.07, 6.45) is 5.12. The molecule has 1 aromatic heterocycles. The van der Waals surface area contributed by atoms with Crippen molar-refractivity contribution in [2.45, 2.75) is 43.9 Å². The number of aromatic nitrogens is 1. The standard InChI is InChI=1S/C27H28F2N4OS/c1-16-26(2,33-25(30)35-27(16,3)24(34)31-4)20-13-19(9-11-21(20)28)14-22(29)23-12-10-18(15-32-23)8-7-17-5-6-17/h9-17H,5-6H2,1-4H3,(H2,30,33)(H,31,34)/b22-14-/t16-,26-,27-/m0/s1. The van der Waals surface area contributed by atoms with Gasteiger partial charge in [-0.25, -0.2) is 8.78 Å². The number of rotatable bonds is 4. The Morgan fingerprint density at radius 1 is 1.29 bits per heavy atom. The molecular formula is C27H28F2N4OS. The minimum atomic E-state index is -1.14. The second kappa shape index (κ2) is 9.46. The highest BCUT2D eigenvalue weighted by Gasteiger charge is 2.53. The number of hydrogen-bond donors (Lipinski definition) is 2. The lowest BCUT2D eigenvalue weighted by atomic mass is 9.73. The summed E-state index contributed by atoms with van der Waals surface area (Å²) in [5.41, 5.74) is 6.55. The molecule has 182 valence electrons. The zero-order valence-electron chi connectivity index (χ0n) is 20.2. The molecule has 35 heavy (non-hydrogen) atoms. The molecule has 3 N–H and O–H groups in total. The van der Waals surface area contributed by atoms with E-state index < -0.39 is 27.8 Å². The normalized spacial score (nSPS) is 26.4. The van der Waals surface area contributed by atoms with Crippen LogP contribution in [0.3, 0.4) is 0 Å². The summed E-state index contributed by atoms with van der Waals surface area (Å²) in [6.45, 7) is 5.36. The Morgan fingerprint density at radius 3 is 2.66 bits per heavy atom. The molecule has 0 spiro atoms. The largest absolute Gasteiger partial charge is 0.378 e. The number of halogens is 2. The van der Waals surface area contributed by atoms with Crippen LogP contribution in [0.2, 0.25) is 0 Å². The van der Waals surface area contributed by atoms with Crippen LogP contribution in [0.25, 0.3) is 11.9 Å². The Bertz CT molecular complexity index is 1280. The third-order valence-electron chi connectivity index (χ3n) is 6.84. The van der Waals surface area contributed by atoms with Crippen molar-refractivity contribution in [2.24, 2.45) is 22.6 Å². The van der Waals surface area contributed by atoms with E-state index in [0.717, 1.165) is 30.2 Å². The van der Waals surface area contributed by atoms with Crippen LogP contribution in [0.5, 0.6) is 0 Å². The molecule has 2 aromatic rings. The van der Waals surface area contributed by atoms with E-state index in [9.17, 15) is 4.79 Å². The molecule has 1 aliphatic heterocycles. The summed E-state index contributed by atoms with van der Waals surface area (Å²) in [5.74, 6) is 4.97. The molecule has 1 amide bonds. The van der Waals surface area contributed by atoms with Gasteiger partial charge in [0.05, 0.1) is 11.2 Å². The van der Waals surface area contributed by atoms with Gasteiger partial charge in [0.25, 0.3) is 0 Å². The summed E-state index contributed by atoms with van der Waals surface area (Å²) >= 11 is 1.16. The van der Waals surface area contributed by atoms with Gasteiger partial charge in [-0.3, -0.25) is 14.8 Å². The molecule has 5 nitrogen and oxygen atoms in total. The molecule has 0 saturated heterocycles. The summed E-state index contributed by atoms with van der Waals surface area (Å²) in [6, 6.07) is 7.64. The number of carbonyl (C=O) groups is 1. The Kier molecular flexibility index (Phi) is 6.74. The van der Waals surface area contributed by atoms with Gasteiger partial charge in [-0.1, -0.05) is 36.6 Å². The van der Waals surface area contributed by atoms with Crippen molar-refractivity contribution in [3.05, 3.63) is 64.7 Å². The molecule has 0 unspecified atom stereocenters. The highest BCUT2D eigenvalue weighted by atomic mass is 32.2. The van der Waals surface area contributed by atoms with Crippen molar-refractivity contribution in [2.75, 3.05) is 7.05 Å². The summed E-state index contributed by atoms with van der Waals surface area (Å²) < 4.78 is 29.2. The molecule has 2 heterocycles. The fourth-order valence-corrected chi connectivity index (χ4v) is 5.51.